The number of likely N-dealkylation sites (N-methyl/N-ethyl adjacent to an activating group) is 1. The third kappa shape index (κ3) is 3.82. The van der Waals surface area contributed by atoms with Gasteiger partial charge >= 0.3 is 0 Å². The van der Waals surface area contributed by atoms with E-state index in [-0.39, 0.29) is 6.10 Å². The predicted molar refractivity (Wildman–Crippen MR) is 74.9 cm³/mol. The number of aromatic nitrogens is 2. The summed E-state index contributed by atoms with van der Waals surface area (Å²) >= 11 is 0. The van der Waals surface area contributed by atoms with E-state index in [2.05, 4.69) is 35.0 Å². The molecular formula is C14H27N3O. The topological polar surface area (TPSA) is 39.1 Å². The van der Waals surface area contributed by atoms with Crippen LogP contribution in [0.1, 0.15) is 38.1 Å². The number of nitrogens with zero attached hydrogens (tertiary/aromatic N) is 2. The van der Waals surface area contributed by atoms with Crippen LogP contribution in [-0.2, 0) is 17.7 Å². The zero-order valence-corrected chi connectivity index (χ0v) is 12.4. The SMILES string of the molecule is CCCC(OC)C(Cc1cc(C)nn1CC)NC. The summed E-state index contributed by atoms with van der Waals surface area (Å²) in [4.78, 5) is 0. The van der Waals surface area contributed by atoms with Gasteiger partial charge in [0, 0.05) is 31.8 Å². The van der Waals surface area contributed by atoms with Crippen molar-refractivity contribution in [2.45, 2.75) is 58.7 Å². The van der Waals surface area contributed by atoms with Gasteiger partial charge in [-0.1, -0.05) is 13.3 Å². The summed E-state index contributed by atoms with van der Waals surface area (Å²) in [6.07, 6.45) is 3.45. The van der Waals surface area contributed by atoms with Crippen LogP contribution in [0.4, 0.5) is 0 Å². The Hall–Kier alpha value is -0.870. The minimum absolute atomic E-state index is 0.264. The average Bonchev–Trinajstić information content (AvgIpc) is 2.73. The van der Waals surface area contributed by atoms with Gasteiger partial charge < -0.3 is 10.1 Å². The molecule has 18 heavy (non-hydrogen) atoms. The Kier molecular flexibility index (Phi) is 6.36. The molecule has 2 atom stereocenters. The number of hydrogen-bond acceptors (Lipinski definition) is 3. The lowest BCUT2D eigenvalue weighted by molar-refractivity contribution is 0.0627. The van der Waals surface area contributed by atoms with Gasteiger partial charge in [-0.2, -0.15) is 5.10 Å². The summed E-state index contributed by atoms with van der Waals surface area (Å²) in [5, 5.41) is 7.88. The fourth-order valence-corrected chi connectivity index (χ4v) is 2.45. The Morgan fingerprint density at radius 3 is 2.67 bits per heavy atom. The second kappa shape index (κ2) is 7.54. The van der Waals surface area contributed by atoms with E-state index in [0.29, 0.717) is 6.04 Å². The lowest BCUT2D eigenvalue weighted by Gasteiger charge is -2.25. The van der Waals surface area contributed by atoms with Crippen molar-refractivity contribution in [1.82, 2.24) is 15.1 Å². The van der Waals surface area contributed by atoms with Crippen molar-refractivity contribution in [3.8, 4) is 0 Å². The molecule has 2 unspecified atom stereocenters. The Labute approximate surface area is 111 Å². The molecule has 1 aromatic rings. The van der Waals surface area contributed by atoms with Gasteiger partial charge in [-0.3, -0.25) is 4.68 Å². The standard InChI is InChI=1S/C14H27N3O/c1-6-8-14(18-5)13(15-4)10-12-9-11(3)16-17(12)7-2/h9,13-15H,6-8,10H2,1-5H3. The summed E-state index contributed by atoms with van der Waals surface area (Å²) in [6, 6.07) is 2.52. The number of ether oxygens (including phenoxy) is 1. The van der Waals surface area contributed by atoms with E-state index in [1.807, 2.05) is 14.0 Å². The highest BCUT2D eigenvalue weighted by Crippen LogP contribution is 2.13. The van der Waals surface area contributed by atoms with E-state index in [4.69, 9.17) is 4.74 Å². The van der Waals surface area contributed by atoms with Gasteiger partial charge in [0.05, 0.1) is 11.8 Å². The lowest BCUT2D eigenvalue weighted by Crippen LogP contribution is -2.41. The van der Waals surface area contributed by atoms with E-state index < -0.39 is 0 Å². The molecule has 1 N–H and O–H groups in total. The van der Waals surface area contributed by atoms with Crippen molar-refractivity contribution in [1.29, 1.82) is 0 Å². The quantitative estimate of drug-likeness (QED) is 0.771. The first-order valence-electron chi connectivity index (χ1n) is 6.89. The summed E-state index contributed by atoms with van der Waals surface area (Å²) in [5.41, 5.74) is 2.37. The molecule has 0 aliphatic carbocycles. The zero-order valence-electron chi connectivity index (χ0n) is 12.4. The van der Waals surface area contributed by atoms with Crippen molar-refractivity contribution in [3.63, 3.8) is 0 Å². The smallest absolute Gasteiger partial charge is 0.0727 e. The minimum atomic E-state index is 0.264. The van der Waals surface area contributed by atoms with Gasteiger partial charge in [-0.15, -0.1) is 0 Å². The average molecular weight is 253 g/mol. The lowest BCUT2D eigenvalue weighted by atomic mass is 10.0. The molecule has 4 heteroatoms. The summed E-state index contributed by atoms with van der Waals surface area (Å²) in [5.74, 6) is 0. The van der Waals surface area contributed by atoms with E-state index in [1.165, 1.54) is 5.69 Å². The maximum atomic E-state index is 5.60. The summed E-state index contributed by atoms with van der Waals surface area (Å²) in [7, 11) is 3.80. The van der Waals surface area contributed by atoms with Gasteiger partial charge in [0.2, 0.25) is 0 Å². The molecule has 4 nitrogen and oxygen atoms in total. The van der Waals surface area contributed by atoms with Crippen LogP contribution in [-0.4, -0.2) is 36.1 Å². The molecule has 0 saturated carbocycles. The zero-order chi connectivity index (χ0) is 13.5. The number of aryl methyl sites for hydroxylation is 2. The molecule has 0 aliphatic heterocycles. The highest BCUT2D eigenvalue weighted by atomic mass is 16.5. The van der Waals surface area contributed by atoms with Crippen LogP contribution < -0.4 is 5.32 Å². The summed E-state index contributed by atoms with van der Waals surface area (Å²) < 4.78 is 7.69. The van der Waals surface area contributed by atoms with Crippen molar-refractivity contribution in [2.24, 2.45) is 0 Å². The monoisotopic (exact) mass is 253 g/mol. The molecule has 1 rings (SSSR count). The normalized spacial score (nSPS) is 14.7. The second-order valence-corrected chi connectivity index (χ2v) is 4.75. The molecule has 0 aromatic carbocycles. The van der Waals surface area contributed by atoms with Gasteiger partial charge in [0.15, 0.2) is 0 Å². The first-order valence-corrected chi connectivity index (χ1v) is 6.89. The van der Waals surface area contributed by atoms with Gasteiger partial charge in [0.25, 0.3) is 0 Å². The minimum Gasteiger partial charge on any atom is -0.380 e. The molecule has 1 heterocycles. The third-order valence-corrected chi connectivity index (χ3v) is 3.41. The van der Waals surface area contributed by atoms with Crippen LogP contribution in [0, 0.1) is 6.92 Å². The predicted octanol–water partition coefficient (Wildman–Crippen LogP) is 2.16. The number of methoxy groups -OCH3 is 1. The Balaban J connectivity index is 2.77. The van der Waals surface area contributed by atoms with Crippen molar-refractivity contribution < 1.29 is 4.74 Å². The summed E-state index contributed by atoms with van der Waals surface area (Å²) in [6.45, 7) is 7.29. The number of rotatable bonds is 8. The molecule has 0 bridgehead atoms. The fourth-order valence-electron chi connectivity index (χ4n) is 2.45. The maximum absolute atomic E-state index is 5.60. The van der Waals surface area contributed by atoms with Crippen LogP contribution in [0.25, 0.3) is 0 Å². The second-order valence-electron chi connectivity index (χ2n) is 4.75. The van der Waals surface area contributed by atoms with Gasteiger partial charge in [0.1, 0.15) is 0 Å². The van der Waals surface area contributed by atoms with Crippen molar-refractivity contribution in [2.75, 3.05) is 14.2 Å². The van der Waals surface area contributed by atoms with Crippen LogP contribution in [0.2, 0.25) is 0 Å². The Morgan fingerprint density at radius 1 is 1.44 bits per heavy atom. The Bertz CT molecular complexity index is 349. The first-order chi connectivity index (χ1) is 8.65. The highest BCUT2D eigenvalue weighted by molar-refractivity contribution is 5.11. The number of nitrogens with one attached hydrogen (secondary N) is 1. The van der Waals surface area contributed by atoms with E-state index in [9.17, 15) is 0 Å². The fraction of sp³-hybridized carbons (Fsp3) is 0.786. The molecule has 0 fully saturated rings. The van der Waals surface area contributed by atoms with E-state index >= 15 is 0 Å². The maximum Gasteiger partial charge on any atom is 0.0727 e. The first kappa shape index (κ1) is 15.2. The van der Waals surface area contributed by atoms with Crippen molar-refractivity contribution in [3.05, 3.63) is 17.5 Å². The molecule has 0 aliphatic rings. The van der Waals surface area contributed by atoms with Crippen LogP contribution in [0.15, 0.2) is 6.07 Å². The molecule has 0 amide bonds. The largest absolute Gasteiger partial charge is 0.380 e. The van der Waals surface area contributed by atoms with E-state index in [0.717, 1.165) is 31.5 Å². The van der Waals surface area contributed by atoms with Crippen LogP contribution in [0.5, 0.6) is 0 Å². The molecule has 0 spiro atoms. The number of hydrogen-bond donors (Lipinski definition) is 1. The highest BCUT2D eigenvalue weighted by Gasteiger charge is 2.21. The van der Waals surface area contributed by atoms with Crippen LogP contribution >= 0.6 is 0 Å². The van der Waals surface area contributed by atoms with Crippen molar-refractivity contribution >= 4 is 0 Å². The molecular weight excluding hydrogens is 226 g/mol. The van der Waals surface area contributed by atoms with Gasteiger partial charge in [-0.05, 0) is 33.4 Å². The molecule has 0 radical (unpaired) electrons. The third-order valence-electron chi connectivity index (χ3n) is 3.41. The van der Waals surface area contributed by atoms with Crippen LogP contribution in [0.3, 0.4) is 0 Å². The van der Waals surface area contributed by atoms with E-state index in [1.54, 1.807) is 7.11 Å². The molecule has 0 saturated heterocycles. The molecule has 104 valence electrons. The Morgan fingerprint density at radius 2 is 2.17 bits per heavy atom. The molecule has 1 aromatic heterocycles. The van der Waals surface area contributed by atoms with Gasteiger partial charge in [-0.25, -0.2) is 0 Å².